The number of aliphatic carboxylic acids is 1. The van der Waals surface area contributed by atoms with Gasteiger partial charge in [0.15, 0.2) is 9.84 Å². The SMILES string of the molecule is CCn1cc(C(C)N2CCS(=O)(=O)CC2CC(=O)O)cn1. The number of carboxylic acids is 1. The Morgan fingerprint density at radius 1 is 1.57 bits per heavy atom. The van der Waals surface area contributed by atoms with E-state index >= 15 is 0 Å². The van der Waals surface area contributed by atoms with Gasteiger partial charge in [-0.25, -0.2) is 8.42 Å². The van der Waals surface area contributed by atoms with Crippen molar-refractivity contribution >= 4 is 15.8 Å². The highest BCUT2D eigenvalue weighted by molar-refractivity contribution is 7.91. The van der Waals surface area contributed by atoms with Crippen LogP contribution in [-0.4, -0.2) is 58.3 Å². The summed E-state index contributed by atoms with van der Waals surface area (Å²) in [4.78, 5) is 13.0. The summed E-state index contributed by atoms with van der Waals surface area (Å²) in [5.41, 5.74) is 0.978. The Morgan fingerprint density at radius 3 is 2.86 bits per heavy atom. The van der Waals surface area contributed by atoms with E-state index in [0.717, 1.165) is 12.1 Å². The maximum atomic E-state index is 11.8. The zero-order chi connectivity index (χ0) is 15.6. The minimum absolute atomic E-state index is 0.0508. The molecule has 2 rings (SSSR count). The highest BCUT2D eigenvalue weighted by atomic mass is 32.2. The smallest absolute Gasteiger partial charge is 0.304 e. The van der Waals surface area contributed by atoms with Gasteiger partial charge in [0, 0.05) is 36.9 Å². The van der Waals surface area contributed by atoms with Crippen molar-refractivity contribution in [2.75, 3.05) is 18.1 Å². The first-order valence-electron chi connectivity index (χ1n) is 7.02. The van der Waals surface area contributed by atoms with Gasteiger partial charge in [0.1, 0.15) is 0 Å². The predicted octanol–water partition coefficient (Wildman–Crippen LogP) is 0.538. The molecule has 0 saturated carbocycles. The summed E-state index contributed by atoms with van der Waals surface area (Å²) >= 11 is 0. The van der Waals surface area contributed by atoms with Gasteiger partial charge >= 0.3 is 5.97 Å². The lowest BCUT2D eigenvalue weighted by molar-refractivity contribution is -0.138. The molecule has 1 aliphatic rings. The first kappa shape index (κ1) is 16.0. The molecule has 0 bridgehead atoms. The molecule has 0 amide bonds. The van der Waals surface area contributed by atoms with Gasteiger partial charge < -0.3 is 5.11 Å². The zero-order valence-corrected chi connectivity index (χ0v) is 13.1. The molecule has 2 unspecified atom stereocenters. The predicted molar refractivity (Wildman–Crippen MR) is 77.7 cm³/mol. The van der Waals surface area contributed by atoms with Gasteiger partial charge in [0.05, 0.1) is 24.1 Å². The summed E-state index contributed by atoms with van der Waals surface area (Å²) in [5, 5.41) is 13.2. The Bertz CT molecular complexity index is 611. The average Bonchev–Trinajstić information content (AvgIpc) is 2.85. The highest BCUT2D eigenvalue weighted by Gasteiger charge is 2.35. The minimum atomic E-state index is -3.15. The summed E-state index contributed by atoms with van der Waals surface area (Å²) in [6.45, 7) is 5.07. The number of carboxylic acid groups (broad SMARTS) is 1. The summed E-state index contributed by atoms with van der Waals surface area (Å²) < 4.78 is 25.3. The second-order valence-electron chi connectivity index (χ2n) is 5.41. The van der Waals surface area contributed by atoms with Gasteiger partial charge in [-0.05, 0) is 13.8 Å². The van der Waals surface area contributed by atoms with E-state index < -0.39 is 21.8 Å². The molecule has 1 N–H and O–H groups in total. The fourth-order valence-electron chi connectivity index (χ4n) is 2.75. The number of aromatic nitrogens is 2. The van der Waals surface area contributed by atoms with E-state index in [1.807, 2.05) is 24.9 Å². The maximum Gasteiger partial charge on any atom is 0.304 e. The van der Waals surface area contributed by atoms with Crippen LogP contribution in [0.25, 0.3) is 0 Å². The quantitative estimate of drug-likeness (QED) is 0.852. The third-order valence-corrected chi connectivity index (χ3v) is 5.64. The number of nitrogens with zero attached hydrogens (tertiary/aromatic N) is 3. The van der Waals surface area contributed by atoms with E-state index in [1.54, 1.807) is 10.9 Å². The topological polar surface area (TPSA) is 92.5 Å². The Hall–Kier alpha value is -1.41. The van der Waals surface area contributed by atoms with Gasteiger partial charge in [-0.15, -0.1) is 0 Å². The molecule has 1 aromatic heterocycles. The Balaban J connectivity index is 2.20. The van der Waals surface area contributed by atoms with Gasteiger partial charge in [-0.1, -0.05) is 0 Å². The fourth-order valence-corrected chi connectivity index (χ4v) is 4.30. The van der Waals surface area contributed by atoms with Crippen LogP contribution in [0.3, 0.4) is 0 Å². The van der Waals surface area contributed by atoms with Crippen molar-refractivity contribution in [3.8, 4) is 0 Å². The molecular formula is C13H21N3O4S. The van der Waals surface area contributed by atoms with Gasteiger partial charge in [-0.2, -0.15) is 5.10 Å². The molecule has 1 aromatic rings. The molecule has 1 saturated heterocycles. The molecule has 118 valence electrons. The zero-order valence-electron chi connectivity index (χ0n) is 12.3. The van der Waals surface area contributed by atoms with E-state index in [1.165, 1.54) is 0 Å². The average molecular weight is 315 g/mol. The fraction of sp³-hybridized carbons (Fsp3) is 0.692. The standard InChI is InChI=1S/C13H21N3O4S/c1-3-15-8-11(7-14-15)10(2)16-4-5-21(19,20)9-12(16)6-13(17)18/h7-8,10,12H,3-6,9H2,1-2H3,(H,17,18). The van der Waals surface area contributed by atoms with Gasteiger partial charge in [-0.3, -0.25) is 14.4 Å². The van der Waals surface area contributed by atoms with Crippen LogP contribution >= 0.6 is 0 Å². The first-order chi connectivity index (χ1) is 9.82. The molecule has 1 fully saturated rings. The van der Waals surface area contributed by atoms with Crippen LogP contribution in [-0.2, 0) is 21.2 Å². The van der Waals surface area contributed by atoms with Crippen LogP contribution in [0.4, 0.5) is 0 Å². The highest BCUT2D eigenvalue weighted by Crippen LogP contribution is 2.27. The van der Waals surface area contributed by atoms with Crippen LogP contribution in [0.1, 0.15) is 31.9 Å². The first-order valence-corrected chi connectivity index (χ1v) is 8.85. The van der Waals surface area contributed by atoms with Crippen molar-refractivity contribution < 1.29 is 18.3 Å². The molecule has 2 heterocycles. The number of carbonyl (C=O) groups is 1. The molecule has 0 aromatic carbocycles. The van der Waals surface area contributed by atoms with Crippen LogP contribution < -0.4 is 0 Å². The molecule has 21 heavy (non-hydrogen) atoms. The number of hydrogen-bond acceptors (Lipinski definition) is 5. The summed E-state index contributed by atoms with van der Waals surface area (Å²) in [6, 6.07) is -0.536. The number of rotatable bonds is 5. The van der Waals surface area contributed by atoms with Crippen molar-refractivity contribution in [1.29, 1.82) is 0 Å². The van der Waals surface area contributed by atoms with Crippen LogP contribution in [0, 0.1) is 0 Å². The third-order valence-electron chi connectivity index (χ3n) is 3.94. The number of hydrogen-bond donors (Lipinski definition) is 1. The monoisotopic (exact) mass is 315 g/mol. The number of sulfone groups is 1. The molecular weight excluding hydrogens is 294 g/mol. The van der Waals surface area contributed by atoms with Crippen LogP contribution in [0.2, 0.25) is 0 Å². The normalized spacial score (nSPS) is 23.8. The maximum absolute atomic E-state index is 11.8. The van der Waals surface area contributed by atoms with E-state index in [9.17, 15) is 13.2 Å². The van der Waals surface area contributed by atoms with E-state index in [2.05, 4.69) is 5.10 Å². The molecule has 0 aliphatic carbocycles. The van der Waals surface area contributed by atoms with Crippen molar-refractivity contribution in [3.05, 3.63) is 18.0 Å². The van der Waals surface area contributed by atoms with Crippen LogP contribution in [0.5, 0.6) is 0 Å². The van der Waals surface area contributed by atoms with Crippen molar-refractivity contribution in [3.63, 3.8) is 0 Å². The van der Waals surface area contributed by atoms with Crippen molar-refractivity contribution in [2.45, 2.75) is 38.9 Å². The molecule has 0 spiro atoms. The molecule has 8 heteroatoms. The largest absolute Gasteiger partial charge is 0.481 e. The van der Waals surface area contributed by atoms with E-state index in [0.29, 0.717) is 6.54 Å². The lowest BCUT2D eigenvalue weighted by Gasteiger charge is -2.38. The minimum Gasteiger partial charge on any atom is -0.481 e. The van der Waals surface area contributed by atoms with Gasteiger partial charge in [0.2, 0.25) is 0 Å². The second kappa shape index (κ2) is 6.15. The van der Waals surface area contributed by atoms with Crippen molar-refractivity contribution in [2.24, 2.45) is 0 Å². The molecule has 1 aliphatic heterocycles. The lowest BCUT2D eigenvalue weighted by Crippen LogP contribution is -2.50. The Labute approximate surface area is 124 Å². The number of aryl methyl sites for hydroxylation is 1. The van der Waals surface area contributed by atoms with Crippen molar-refractivity contribution in [1.82, 2.24) is 14.7 Å². The Morgan fingerprint density at radius 2 is 2.29 bits per heavy atom. The lowest BCUT2D eigenvalue weighted by atomic mass is 10.1. The molecule has 0 radical (unpaired) electrons. The van der Waals surface area contributed by atoms with Gasteiger partial charge in [0.25, 0.3) is 0 Å². The summed E-state index contributed by atoms with van der Waals surface area (Å²) in [5.74, 6) is -0.987. The summed E-state index contributed by atoms with van der Waals surface area (Å²) in [7, 11) is -3.15. The Kier molecular flexibility index (Phi) is 4.67. The van der Waals surface area contributed by atoms with E-state index in [4.69, 9.17) is 5.11 Å². The summed E-state index contributed by atoms with van der Waals surface area (Å²) in [6.07, 6.45) is 3.52. The third kappa shape index (κ3) is 3.82. The molecule has 7 nitrogen and oxygen atoms in total. The second-order valence-corrected chi connectivity index (χ2v) is 7.64. The van der Waals surface area contributed by atoms with E-state index in [-0.39, 0.29) is 24.0 Å². The van der Waals surface area contributed by atoms with Crippen LogP contribution in [0.15, 0.2) is 12.4 Å². The molecule has 2 atom stereocenters.